The molecule has 3 rings (SSSR count). The highest BCUT2D eigenvalue weighted by Gasteiger charge is 2.29. The van der Waals surface area contributed by atoms with E-state index in [1.165, 1.54) is 52.0 Å². The maximum absolute atomic E-state index is 12.9. The number of methoxy groups -OCH3 is 3. The average Bonchev–Trinajstić information content (AvgIpc) is 3.21. The fraction of sp³-hybridized carbons (Fsp3) is 0.458. The number of amides is 2. The predicted octanol–water partition coefficient (Wildman–Crippen LogP) is 4.30. The van der Waals surface area contributed by atoms with Gasteiger partial charge in [0.05, 0.1) is 21.3 Å². The van der Waals surface area contributed by atoms with Crippen LogP contribution in [0.5, 0.6) is 23.0 Å². The van der Waals surface area contributed by atoms with E-state index in [9.17, 15) is 13.2 Å². The van der Waals surface area contributed by atoms with Gasteiger partial charge in [0.25, 0.3) is 0 Å². The van der Waals surface area contributed by atoms with Crippen LogP contribution in [0.15, 0.2) is 41.3 Å². The van der Waals surface area contributed by atoms with Crippen molar-refractivity contribution in [2.45, 2.75) is 37.5 Å². The van der Waals surface area contributed by atoms with Gasteiger partial charge in [0, 0.05) is 37.5 Å². The van der Waals surface area contributed by atoms with Gasteiger partial charge in [-0.2, -0.15) is 8.42 Å². The fourth-order valence-electron chi connectivity index (χ4n) is 3.83. The van der Waals surface area contributed by atoms with Crippen LogP contribution < -0.4 is 23.3 Å². The molecule has 0 aliphatic carbocycles. The first-order valence-electron chi connectivity index (χ1n) is 11.3. The maximum Gasteiger partial charge on any atom is 0.339 e. The van der Waals surface area contributed by atoms with Gasteiger partial charge in [-0.15, -0.1) is 0 Å². The molecule has 0 spiro atoms. The number of carbonyl (C=O) groups is 1. The van der Waals surface area contributed by atoms with Gasteiger partial charge in [0.2, 0.25) is 5.75 Å². The monoisotopic (exact) mass is 492 g/mol. The number of unbranched alkanes of at least 4 members (excludes halogenated alkanes) is 3. The molecule has 2 aromatic carbocycles. The van der Waals surface area contributed by atoms with Gasteiger partial charge in [0.1, 0.15) is 4.90 Å². The Labute approximate surface area is 201 Å². The topological polar surface area (TPSA) is 94.6 Å². The summed E-state index contributed by atoms with van der Waals surface area (Å²) < 4.78 is 46.8. The number of rotatable bonds is 12. The first-order valence-corrected chi connectivity index (χ1v) is 12.7. The van der Waals surface area contributed by atoms with Crippen LogP contribution in [0, 0.1) is 0 Å². The number of benzene rings is 2. The molecule has 1 heterocycles. The van der Waals surface area contributed by atoms with Crippen LogP contribution in [0.3, 0.4) is 0 Å². The highest BCUT2D eigenvalue weighted by Crippen LogP contribution is 2.41. The lowest BCUT2D eigenvalue weighted by molar-refractivity contribution is 0.219. The zero-order valence-corrected chi connectivity index (χ0v) is 20.9. The van der Waals surface area contributed by atoms with E-state index in [2.05, 4.69) is 6.92 Å². The summed E-state index contributed by atoms with van der Waals surface area (Å²) >= 11 is 0. The Bertz CT molecular complexity index is 1060. The summed E-state index contributed by atoms with van der Waals surface area (Å²) in [5, 5.41) is 0. The molecule has 0 atom stereocenters. The molecule has 0 N–H and O–H groups in total. The van der Waals surface area contributed by atoms with Gasteiger partial charge < -0.3 is 23.3 Å². The second-order valence-corrected chi connectivity index (χ2v) is 9.42. The molecular formula is C24H32N2O7S. The summed E-state index contributed by atoms with van der Waals surface area (Å²) in [5.41, 5.74) is 0.646. The Kier molecular flexibility index (Phi) is 8.49. The van der Waals surface area contributed by atoms with Crippen molar-refractivity contribution < 1.29 is 31.6 Å². The van der Waals surface area contributed by atoms with Crippen LogP contribution in [0.1, 0.15) is 32.6 Å². The summed E-state index contributed by atoms with van der Waals surface area (Å²) in [6, 6.07) is 8.85. The Morgan fingerprint density at radius 3 is 2.09 bits per heavy atom. The Hall–Kier alpha value is -3.14. The van der Waals surface area contributed by atoms with Gasteiger partial charge in [0.15, 0.2) is 17.2 Å². The molecule has 0 aromatic heterocycles. The molecule has 1 aliphatic rings. The fourth-order valence-corrected chi connectivity index (χ4v) is 4.75. The Balaban J connectivity index is 1.71. The maximum atomic E-state index is 12.9. The first-order chi connectivity index (χ1) is 16.3. The van der Waals surface area contributed by atoms with Crippen molar-refractivity contribution in [3.63, 3.8) is 0 Å². The van der Waals surface area contributed by atoms with E-state index in [0.29, 0.717) is 24.5 Å². The average molecular weight is 493 g/mol. The third kappa shape index (κ3) is 5.67. The molecule has 10 heteroatoms. The van der Waals surface area contributed by atoms with E-state index < -0.39 is 10.1 Å². The largest absolute Gasteiger partial charge is 0.493 e. The van der Waals surface area contributed by atoms with Crippen LogP contribution in [0.2, 0.25) is 0 Å². The van der Waals surface area contributed by atoms with Gasteiger partial charge in [-0.05, 0) is 30.7 Å². The van der Waals surface area contributed by atoms with Crippen molar-refractivity contribution in [3.8, 4) is 23.0 Å². The Morgan fingerprint density at radius 2 is 1.53 bits per heavy atom. The molecule has 2 aromatic rings. The number of urea groups is 1. The van der Waals surface area contributed by atoms with Crippen LogP contribution in [-0.2, 0) is 10.1 Å². The van der Waals surface area contributed by atoms with Gasteiger partial charge in [-0.3, -0.25) is 4.90 Å². The smallest absolute Gasteiger partial charge is 0.339 e. The van der Waals surface area contributed by atoms with Crippen molar-refractivity contribution in [1.29, 1.82) is 0 Å². The van der Waals surface area contributed by atoms with E-state index in [0.717, 1.165) is 25.8 Å². The second-order valence-electron chi connectivity index (χ2n) is 7.87. The number of ether oxygens (including phenoxy) is 3. The highest BCUT2D eigenvalue weighted by molar-refractivity contribution is 7.87. The standard InChI is InChI=1S/C24H32N2O7S/c1-5-6-7-8-13-25-14-15-26(24(25)27)18-9-11-20(12-10-18)34(28,29)33-19-16-21(30-2)23(32-4)22(17-19)31-3/h9-12,16-17H,5-8,13-15H2,1-4H3. The molecule has 2 amide bonds. The van der Waals surface area contributed by atoms with E-state index in [1.807, 2.05) is 4.90 Å². The van der Waals surface area contributed by atoms with E-state index >= 15 is 0 Å². The third-order valence-electron chi connectivity index (χ3n) is 5.66. The number of anilines is 1. The van der Waals surface area contributed by atoms with Crippen molar-refractivity contribution in [2.75, 3.05) is 45.9 Å². The molecule has 186 valence electrons. The van der Waals surface area contributed by atoms with E-state index in [-0.39, 0.29) is 28.2 Å². The molecule has 34 heavy (non-hydrogen) atoms. The lowest BCUT2D eigenvalue weighted by Crippen LogP contribution is -2.32. The quantitative estimate of drug-likeness (QED) is 0.322. The van der Waals surface area contributed by atoms with Crippen LogP contribution in [0.25, 0.3) is 0 Å². The minimum Gasteiger partial charge on any atom is -0.493 e. The number of nitrogens with zero attached hydrogens (tertiary/aromatic N) is 2. The summed E-state index contributed by atoms with van der Waals surface area (Å²) in [5.74, 6) is 0.893. The number of carbonyl (C=O) groups excluding carboxylic acids is 1. The van der Waals surface area contributed by atoms with Crippen molar-refractivity contribution in [3.05, 3.63) is 36.4 Å². The van der Waals surface area contributed by atoms with E-state index in [4.69, 9.17) is 18.4 Å². The zero-order chi connectivity index (χ0) is 24.7. The molecule has 0 bridgehead atoms. The predicted molar refractivity (Wildman–Crippen MR) is 129 cm³/mol. The van der Waals surface area contributed by atoms with Crippen molar-refractivity contribution in [1.82, 2.24) is 4.90 Å². The second kappa shape index (κ2) is 11.3. The van der Waals surface area contributed by atoms with Gasteiger partial charge in [-0.1, -0.05) is 26.2 Å². The minimum absolute atomic E-state index is 0.0204. The summed E-state index contributed by atoms with van der Waals surface area (Å²) in [6.45, 7) is 4.13. The van der Waals surface area contributed by atoms with Crippen molar-refractivity contribution in [2.24, 2.45) is 0 Å². The molecule has 0 radical (unpaired) electrons. The molecule has 1 saturated heterocycles. The zero-order valence-electron chi connectivity index (χ0n) is 20.1. The van der Waals surface area contributed by atoms with Gasteiger partial charge in [-0.25, -0.2) is 4.79 Å². The van der Waals surface area contributed by atoms with Crippen LogP contribution in [0.4, 0.5) is 10.5 Å². The molecule has 1 fully saturated rings. The Morgan fingerprint density at radius 1 is 0.882 bits per heavy atom. The lowest BCUT2D eigenvalue weighted by atomic mass is 10.2. The molecule has 0 unspecified atom stereocenters. The highest BCUT2D eigenvalue weighted by atomic mass is 32.2. The van der Waals surface area contributed by atoms with Crippen LogP contribution in [-0.4, -0.2) is 60.3 Å². The molecular weight excluding hydrogens is 460 g/mol. The normalized spacial score (nSPS) is 13.8. The number of hydrogen-bond acceptors (Lipinski definition) is 7. The molecule has 0 saturated carbocycles. The van der Waals surface area contributed by atoms with Crippen LogP contribution >= 0.6 is 0 Å². The third-order valence-corrected chi connectivity index (χ3v) is 6.92. The summed E-state index contributed by atoms with van der Waals surface area (Å²) in [7, 11) is 0.185. The van der Waals surface area contributed by atoms with E-state index in [1.54, 1.807) is 17.0 Å². The molecule has 9 nitrogen and oxygen atoms in total. The first kappa shape index (κ1) is 25.5. The summed E-state index contributed by atoms with van der Waals surface area (Å²) in [4.78, 5) is 16.2. The van der Waals surface area contributed by atoms with Crippen molar-refractivity contribution >= 4 is 21.8 Å². The molecule has 1 aliphatic heterocycles. The lowest BCUT2D eigenvalue weighted by Gasteiger charge is -2.19. The van der Waals surface area contributed by atoms with Gasteiger partial charge >= 0.3 is 16.1 Å². The minimum atomic E-state index is -4.13. The summed E-state index contributed by atoms with van der Waals surface area (Å²) in [6.07, 6.45) is 4.42. The SMILES string of the molecule is CCCCCCN1CCN(c2ccc(S(=O)(=O)Oc3cc(OC)c(OC)c(OC)c3)cc2)C1=O. The number of hydrogen-bond donors (Lipinski definition) is 0.